The predicted molar refractivity (Wildman–Crippen MR) is 124 cm³/mol. The lowest BCUT2D eigenvalue weighted by Gasteiger charge is -2.09. The van der Waals surface area contributed by atoms with Gasteiger partial charge in [0.25, 0.3) is 15.9 Å². The smallest absolute Gasteiger partial charge is 0.321 e. The van der Waals surface area contributed by atoms with Crippen molar-refractivity contribution in [3.63, 3.8) is 0 Å². The van der Waals surface area contributed by atoms with Gasteiger partial charge >= 0.3 is 6.03 Å². The lowest BCUT2D eigenvalue weighted by Crippen LogP contribution is -2.34. The Morgan fingerprint density at radius 2 is 1.74 bits per heavy atom. The molecule has 0 aliphatic carbocycles. The van der Waals surface area contributed by atoms with Gasteiger partial charge in [0.05, 0.1) is 10.6 Å². The molecule has 0 aliphatic rings. The summed E-state index contributed by atoms with van der Waals surface area (Å²) in [7, 11) is -2.54. The molecule has 0 atom stereocenters. The quantitative estimate of drug-likeness (QED) is 0.371. The lowest BCUT2D eigenvalue weighted by atomic mass is 10.1. The summed E-state index contributed by atoms with van der Waals surface area (Å²) >= 11 is 1.14. The largest absolute Gasteiger partial charge is 0.334 e. The van der Waals surface area contributed by atoms with Crippen LogP contribution in [0.1, 0.15) is 10.5 Å². The number of hydrogen-bond donors (Lipinski definition) is 3. The maximum absolute atomic E-state index is 13.1. The molecule has 10 nitrogen and oxygen atoms in total. The van der Waals surface area contributed by atoms with Gasteiger partial charge in [-0.05, 0) is 54.6 Å². The monoisotopic (exact) mass is 500 g/mol. The third-order valence-corrected chi connectivity index (χ3v) is 6.59. The summed E-state index contributed by atoms with van der Waals surface area (Å²) in [4.78, 5) is 28.3. The van der Waals surface area contributed by atoms with E-state index in [2.05, 4.69) is 20.7 Å². The first kappa shape index (κ1) is 23.1. The molecule has 0 spiro atoms. The van der Waals surface area contributed by atoms with Gasteiger partial charge in [-0.15, -0.1) is 11.3 Å². The molecule has 34 heavy (non-hydrogen) atoms. The molecule has 3 N–H and O–H groups in total. The molecule has 3 amide bonds. The Bertz CT molecular complexity index is 1430. The van der Waals surface area contributed by atoms with Crippen LogP contribution in [0, 0.1) is 5.82 Å². The van der Waals surface area contributed by atoms with Crippen LogP contribution in [0.25, 0.3) is 11.3 Å². The summed E-state index contributed by atoms with van der Waals surface area (Å²) in [5.41, 5.74) is 1.73. The standard InChI is InChI=1S/C21H17FN6O4S2/c1-28-18(12-17(26-28)13-2-4-14(22)5-3-13)19(29)24-15-6-8-16(9-7-15)34(31,32)27-20(30)25-21-23-10-11-33-21/h2-12H,1H3,(H,24,29)(H2,23,25,27,30). The molecule has 0 radical (unpaired) electrons. The van der Waals surface area contributed by atoms with Crippen molar-refractivity contribution < 1.29 is 22.4 Å². The van der Waals surface area contributed by atoms with E-state index in [1.807, 2.05) is 4.72 Å². The number of thiazole rings is 1. The number of carbonyl (C=O) groups is 2. The molecule has 0 fully saturated rings. The van der Waals surface area contributed by atoms with Crippen molar-refractivity contribution in [3.8, 4) is 11.3 Å². The highest BCUT2D eigenvalue weighted by Crippen LogP contribution is 2.21. The highest BCUT2D eigenvalue weighted by atomic mass is 32.2. The van der Waals surface area contributed by atoms with Crippen molar-refractivity contribution >= 4 is 44.1 Å². The fourth-order valence-electron chi connectivity index (χ4n) is 2.94. The van der Waals surface area contributed by atoms with Crippen LogP contribution in [0.3, 0.4) is 0 Å². The topological polar surface area (TPSA) is 135 Å². The van der Waals surface area contributed by atoms with Crippen LogP contribution in [0.5, 0.6) is 0 Å². The first-order chi connectivity index (χ1) is 16.2. The number of anilines is 2. The Morgan fingerprint density at radius 1 is 1.03 bits per heavy atom. The van der Waals surface area contributed by atoms with Gasteiger partial charge in [-0.25, -0.2) is 27.3 Å². The number of rotatable bonds is 6. The van der Waals surface area contributed by atoms with E-state index < -0.39 is 22.0 Å². The third-order valence-electron chi connectivity index (χ3n) is 4.55. The molecule has 174 valence electrons. The number of nitrogens with zero attached hydrogens (tertiary/aromatic N) is 3. The maximum Gasteiger partial charge on any atom is 0.334 e. The van der Waals surface area contributed by atoms with Crippen molar-refractivity contribution in [3.05, 3.63) is 77.7 Å². The molecule has 4 aromatic rings. The zero-order valence-corrected chi connectivity index (χ0v) is 19.2. The third kappa shape index (κ3) is 5.27. The molecule has 2 aromatic heterocycles. The first-order valence-corrected chi connectivity index (χ1v) is 12.0. The van der Waals surface area contributed by atoms with E-state index in [1.54, 1.807) is 30.6 Å². The molecular formula is C21H17FN6O4S2. The van der Waals surface area contributed by atoms with Crippen molar-refractivity contribution in [2.75, 3.05) is 10.6 Å². The van der Waals surface area contributed by atoms with Gasteiger partial charge < -0.3 is 5.32 Å². The Labute approximate surface area is 197 Å². The Hall–Kier alpha value is -4.10. The van der Waals surface area contributed by atoms with Crippen molar-refractivity contribution in [2.45, 2.75) is 4.90 Å². The van der Waals surface area contributed by atoms with Gasteiger partial charge in [0.2, 0.25) is 0 Å². The number of amides is 3. The number of aryl methyl sites for hydroxylation is 1. The van der Waals surface area contributed by atoms with E-state index in [0.29, 0.717) is 16.9 Å². The fraction of sp³-hybridized carbons (Fsp3) is 0.0476. The van der Waals surface area contributed by atoms with Crippen LogP contribution in [0.2, 0.25) is 0 Å². The van der Waals surface area contributed by atoms with Crippen molar-refractivity contribution in [1.82, 2.24) is 19.5 Å². The van der Waals surface area contributed by atoms with E-state index in [4.69, 9.17) is 0 Å². The minimum Gasteiger partial charge on any atom is -0.321 e. The maximum atomic E-state index is 13.1. The average Bonchev–Trinajstić information content (AvgIpc) is 3.44. The predicted octanol–water partition coefficient (Wildman–Crippen LogP) is 3.45. The van der Waals surface area contributed by atoms with Crippen LogP contribution in [-0.2, 0) is 17.1 Å². The fourth-order valence-corrected chi connectivity index (χ4v) is 4.37. The molecule has 13 heteroatoms. The summed E-state index contributed by atoms with van der Waals surface area (Å²) in [6.07, 6.45) is 1.47. The Balaban J connectivity index is 1.43. The van der Waals surface area contributed by atoms with E-state index in [1.165, 1.54) is 47.3 Å². The first-order valence-electron chi connectivity index (χ1n) is 9.66. The zero-order chi connectivity index (χ0) is 24.3. The summed E-state index contributed by atoms with van der Waals surface area (Å²) in [5, 5.41) is 11.1. The number of benzene rings is 2. The van der Waals surface area contributed by atoms with Gasteiger partial charge in [0, 0.05) is 29.9 Å². The Morgan fingerprint density at radius 3 is 2.38 bits per heavy atom. The van der Waals surface area contributed by atoms with E-state index in [0.717, 1.165) is 11.3 Å². The molecular weight excluding hydrogens is 483 g/mol. The van der Waals surface area contributed by atoms with E-state index in [-0.39, 0.29) is 21.5 Å². The number of sulfonamides is 1. The summed E-state index contributed by atoms with van der Waals surface area (Å²) in [6.45, 7) is 0. The number of halogens is 1. The van der Waals surface area contributed by atoms with Crippen molar-refractivity contribution in [2.24, 2.45) is 7.05 Å². The summed E-state index contributed by atoms with van der Waals surface area (Å²) in [5.74, 6) is -0.849. The average molecular weight is 501 g/mol. The second kappa shape index (κ2) is 9.41. The second-order valence-corrected chi connectivity index (χ2v) is 9.50. The normalized spacial score (nSPS) is 11.1. The van der Waals surface area contributed by atoms with Gasteiger partial charge in [0.1, 0.15) is 11.5 Å². The van der Waals surface area contributed by atoms with Gasteiger partial charge in [-0.1, -0.05) is 0 Å². The number of carbonyl (C=O) groups excluding carboxylic acids is 2. The molecule has 0 aliphatic heterocycles. The number of nitrogens with one attached hydrogen (secondary N) is 3. The Kier molecular flexibility index (Phi) is 6.38. The van der Waals surface area contributed by atoms with Gasteiger partial charge in [-0.3, -0.25) is 14.8 Å². The van der Waals surface area contributed by atoms with E-state index >= 15 is 0 Å². The molecule has 0 bridgehead atoms. The molecule has 0 saturated heterocycles. The molecule has 2 aromatic carbocycles. The number of aromatic nitrogens is 3. The molecule has 4 rings (SSSR count). The molecule has 0 saturated carbocycles. The highest BCUT2D eigenvalue weighted by Gasteiger charge is 2.19. The minimum absolute atomic E-state index is 0.168. The van der Waals surface area contributed by atoms with Crippen LogP contribution < -0.4 is 15.4 Å². The van der Waals surface area contributed by atoms with Crippen LogP contribution in [0.15, 0.2) is 71.1 Å². The van der Waals surface area contributed by atoms with Gasteiger partial charge in [-0.2, -0.15) is 5.10 Å². The second-order valence-electron chi connectivity index (χ2n) is 6.92. The summed E-state index contributed by atoms with van der Waals surface area (Å²) in [6, 6.07) is 11.6. The van der Waals surface area contributed by atoms with Crippen LogP contribution >= 0.6 is 11.3 Å². The number of hydrogen-bond acceptors (Lipinski definition) is 7. The molecule has 2 heterocycles. The van der Waals surface area contributed by atoms with E-state index in [9.17, 15) is 22.4 Å². The molecule has 0 unspecified atom stereocenters. The SMILES string of the molecule is Cn1nc(-c2ccc(F)cc2)cc1C(=O)Nc1ccc(S(=O)(=O)NC(=O)Nc2nccs2)cc1. The number of urea groups is 1. The summed E-state index contributed by atoms with van der Waals surface area (Å²) < 4.78 is 41.3. The zero-order valence-electron chi connectivity index (χ0n) is 17.5. The van der Waals surface area contributed by atoms with Crippen LogP contribution in [-0.4, -0.2) is 35.1 Å². The van der Waals surface area contributed by atoms with Crippen LogP contribution in [0.4, 0.5) is 20.0 Å². The van der Waals surface area contributed by atoms with Crippen molar-refractivity contribution in [1.29, 1.82) is 0 Å². The van der Waals surface area contributed by atoms with Gasteiger partial charge in [0.15, 0.2) is 5.13 Å². The highest BCUT2D eigenvalue weighted by molar-refractivity contribution is 7.90. The lowest BCUT2D eigenvalue weighted by molar-refractivity contribution is 0.101. The minimum atomic E-state index is -4.14.